The fourth-order valence-corrected chi connectivity index (χ4v) is 4.00. The molecule has 0 atom stereocenters. The molecule has 0 aliphatic rings. The van der Waals surface area contributed by atoms with Gasteiger partial charge in [-0.1, -0.05) is 71.7 Å². The predicted molar refractivity (Wildman–Crippen MR) is 121 cm³/mol. The fraction of sp³-hybridized carbons (Fsp3) is 0.0417. The van der Waals surface area contributed by atoms with E-state index in [0.717, 1.165) is 22.0 Å². The molecule has 2 heterocycles. The van der Waals surface area contributed by atoms with Crippen LogP contribution in [0.5, 0.6) is 0 Å². The summed E-state index contributed by atoms with van der Waals surface area (Å²) in [6.45, 7) is 0.489. The third-order valence-electron chi connectivity index (χ3n) is 5.03. The van der Waals surface area contributed by atoms with Gasteiger partial charge in [0.2, 0.25) is 5.89 Å². The Morgan fingerprint density at radius 2 is 1.58 bits per heavy atom. The van der Waals surface area contributed by atoms with Crippen molar-refractivity contribution in [2.24, 2.45) is 0 Å². The highest BCUT2D eigenvalue weighted by Crippen LogP contribution is 2.33. The van der Waals surface area contributed by atoms with E-state index in [1.165, 1.54) is 0 Å². The number of fused-ring (bicyclic) bond motifs is 1. The summed E-state index contributed by atoms with van der Waals surface area (Å²) in [6, 6.07) is 24.4. The van der Waals surface area contributed by atoms with Crippen molar-refractivity contribution in [3.05, 3.63) is 106 Å². The number of hydrogen-bond acceptors (Lipinski definition) is 4. The zero-order chi connectivity index (χ0) is 21.4. The first-order chi connectivity index (χ1) is 15.1. The second kappa shape index (κ2) is 8.02. The predicted octanol–water partition coefficient (Wildman–Crippen LogP) is 6.28. The monoisotopic (exact) mass is 447 g/mol. The van der Waals surface area contributed by atoms with Gasteiger partial charge in [0.05, 0.1) is 11.1 Å². The van der Waals surface area contributed by atoms with Gasteiger partial charge >= 0.3 is 0 Å². The van der Waals surface area contributed by atoms with E-state index in [-0.39, 0.29) is 11.8 Å². The number of rotatable bonds is 5. The maximum Gasteiger partial charge on any atom is 0.289 e. The molecule has 0 aliphatic heterocycles. The Bertz CT molecular complexity index is 1390. The Balaban J connectivity index is 1.57. The van der Waals surface area contributed by atoms with E-state index in [0.29, 0.717) is 22.3 Å². The molecule has 0 amide bonds. The minimum atomic E-state index is -0.411. The summed E-state index contributed by atoms with van der Waals surface area (Å²) < 4.78 is 7.57. The first kappa shape index (κ1) is 19.5. The van der Waals surface area contributed by atoms with Crippen LogP contribution in [0.3, 0.4) is 0 Å². The number of carbonyl (C=O) groups is 1. The summed E-state index contributed by atoms with van der Waals surface area (Å²) in [6.07, 6.45) is 0. The smallest absolute Gasteiger partial charge is 0.289 e. The average Bonchev–Trinajstić information content (AvgIpc) is 3.40. The lowest BCUT2D eigenvalue weighted by Crippen LogP contribution is -2.04. The average molecular weight is 448 g/mol. The van der Waals surface area contributed by atoms with Crippen LogP contribution in [0.15, 0.2) is 83.3 Å². The Morgan fingerprint density at radius 1 is 0.871 bits per heavy atom. The van der Waals surface area contributed by atoms with Gasteiger partial charge in [0, 0.05) is 22.5 Å². The molecule has 5 nitrogen and oxygen atoms in total. The van der Waals surface area contributed by atoms with Crippen LogP contribution in [0.2, 0.25) is 10.2 Å². The molecule has 0 saturated carbocycles. The molecular formula is C24H15Cl2N3O2. The molecule has 0 bridgehead atoms. The number of nitrogens with zero attached hydrogens (tertiary/aromatic N) is 3. The van der Waals surface area contributed by atoms with Crippen LogP contribution in [0.1, 0.15) is 21.8 Å². The summed E-state index contributed by atoms with van der Waals surface area (Å²) >= 11 is 12.7. The van der Waals surface area contributed by atoms with E-state index < -0.39 is 5.78 Å². The number of benzene rings is 3. The highest BCUT2D eigenvalue weighted by atomic mass is 35.5. The number of ketones is 1. The van der Waals surface area contributed by atoms with Crippen LogP contribution in [-0.4, -0.2) is 20.5 Å². The SMILES string of the molecule is O=C(c1nnc(-c2ccccc2)o1)c1c(Cl)n(Cc2ccc(Cl)cc2)c2ccccc12. The van der Waals surface area contributed by atoms with Gasteiger partial charge in [0.15, 0.2) is 0 Å². The standard InChI is InChI=1S/C24H15Cl2N3O2/c25-17-12-10-15(11-13-17)14-29-19-9-5-4-8-18(19)20(22(29)26)21(30)24-28-27-23(31-24)16-6-2-1-3-7-16/h1-13H,14H2. The molecule has 0 aliphatic carbocycles. The van der Waals surface area contributed by atoms with Crippen molar-refractivity contribution in [3.8, 4) is 11.5 Å². The summed E-state index contributed by atoms with van der Waals surface area (Å²) in [5, 5.41) is 9.71. The van der Waals surface area contributed by atoms with Crippen molar-refractivity contribution in [2.45, 2.75) is 6.54 Å². The molecular weight excluding hydrogens is 433 g/mol. The first-order valence-electron chi connectivity index (χ1n) is 9.56. The van der Waals surface area contributed by atoms with Crippen LogP contribution in [0.4, 0.5) is 0 Å². The lowest BCUT2D eigenvalue weighted by atomic mass is 10.1. The van der Waals surface area contributed by atoms with Gasteiger partial charge in [0.25, 0.3) is 11.7 Å². The van der Waals surface area contributed by atoms with Crippen LogP contribution in [-0.2, 0) is 6.54 Å². The van der Waals surface area contributed by atoms with Crippen molar-refractivity contribution < 1.29 is 9.21 Å². The van der Waals surface area contributed by atoms with E-state index in [2.05, 4.69) is 10.2 Å². The highest BCUT2D eigenvalue weighted by Gasteiger charge is 2.26. The maximum absolute atomic E-state index is 13.3. The van der Waals surface area contributed by atoms with Crippen LogP contribution >= 0.6 is 23.2 Å². The summed E-state index contributed by atoms with van der Waals surface area (Å²) in [5.74, 6) is -0.231. The van der Waals surface area contributed by atoms with Crippen molar-refractivity contribution in [1.29, 1.82) is 0 Å². The normalized spacial score (nSPS) is 11.2. The third-order valence-corrected chi connectivity index (χ3v) is 5.67. The molecule has 2 aromatic heterocycles. The Hall–Kier alpha value is -3.41. The largest absolute Gasteiger partial charge is 0.413 e. The van der Waals surface area contributed by atoms with Gasteiger partial charge in [-0.3, -0.25) is 4.79 Å². The Morgan fingerprint density at radius 3 is 2.35 bits per heavy atom. The molecule has 0 N–H and O–H groups in total. The van der Waals surface area contributed by atoms with Crippen molar-refractivity contribution >= 4 is 39.9 Å². The summed E-state index contributed by atoms with van der Waals surface area (Å²) in [4.78, 5) is 13.3. The lowest BCUT2D eigenvalue weighted by molar-refractivity contribution is 0.100. The van der Waals surface area contributed by atoms with Crippen molar-refractivity contribution in [1.82, 2.24) is 14.8 Å². The van der Waals surface area contributed by atoms with Gasteiger partial charge < -0.3 is 8.98 Å². The topological polar surface area (TPSA) is 60.9 Å². The molecule has 5 rings (SSSR count). The van der Waals surface area contributed by atoms with Gasteiger partial charge in [-0.2, -0.15) is 0 Å². The number of aromatic nitrogens is 3. The number of carbonyl (C=O) groups excluding carboxylic acids is 1. The van der Waals surface area contributed by atoms with Crippen LogP contribution < -0.4 is 0 Å². The molecule has 0 saturated heterocycles. The van der Waals surface area contributed by atoms with E-state index in [9.17, 15) is 4.79 Å². The van der Waals surface area contributed by atoms with Crippen molar-refractivity contribution in [3.63, 3.8) is 0 Å². The minimum absolute atomic E-state index is 0.102. The molecule has 7 heteroatoms. The molecule has 5 aromatic rings. The zero-order valence-electron chi connectivity index (χ0n) is 16.1. The summed E-state index contributed by atoms with van der Waals surface area (Å²) in [5.41, 5.74) is 2.93. The molecule has 3 aromatic carbocycles. The zero-order valence-corrected chi connectivity index (χ0v) is 17.6. The summed E-state index contributed by atoms with van der Waals surface area (Å²) in [7, 11) is 0. The van der Waals surface area contributed by atoms with Crippen LogP contribution in [0, 0.1) is 0 Å². The number of halogens is 2. The second-order valence-electron chi connectivity index (χ2n) is 7.00. The van der Waals surface area contributed by atoms with Crippen LogP contribution in [0.25, 0.3) is 22.4 Å². The van der Waals surface area contributed by atoms with Gasteiger partial charge in [0.1, 0.15) is 5.15 Å². The molecule has 0 unspecified atom stereocenters. The van der Waals surface area contributed by atoms with Gasteiger partial charge in [-0.05, 0) is 35.9 Å². The highest BCUT2D eigenvalue weighted by molar-refractivity contribution is 6.36. The third kappa shape index (κ3) is 3.63. The second-order valence-corrected chi connectivity index (χ2v) is 7.80. The van der Waals surface area contributed by atoms with E-state index in [4.69, 9.17) is 27.6 Å². The lowest BCUT2D eigenvalue weighted by Gasteiger charge is -2.07. The molecule has 0 fully saturated rings. The number of para-hydroxylation sites is 1. The van der Waals surface area contributed by atoms with Gasteiger partial charge in [-0.15, -0.1) is 10.2 Å². The van der Waals surface area contributed by atoms with Crippen molar-refractivity contribution in [2.75, 3.05) is 0 Å². The molecule has 31 heavy (non-hydrogen) atoms. The molecule has 0 spiro atoms. The number of hydrogen-bond donors (Lipinski definition) is 0. The Kier molecular flexibility index (Phi) is 5.06. The van der Waals surface area contributed by atoms with E-state index in [1.807, 2.05) is 83.4 Å². The molecule has 0 radical (unpaired) electrons. The van der Waals surface area contributed by atoms with E-state index in [1.54, 1.807) is 0 Å². The fourth-order valence-electron chi connectivity index (χ4n) is 3.53. The van der Waals surface area contributed by atoms with E-state index >= 15 is 0 Å². The Labute approximate surface area is 187 Å². The molecule has 152 valence electrons. The first-order valence-corrected chi connectivity index (χ1v) is 10.3. The minimum Gasteiger partial charge on any atom is -0.413 e. The maximum atomic E-state index is 13.3. The quantitative estimate of drug-likeness (QED) is 0.297. The van der Waals surface area contributed by atoms with Gasteiger partial charge in [-0.25, -0.2) is 0 Å².